The maximum atomic E-state index is 14.5. The van der Waals surface area contributed by atoms with Crippen molar-refractivity contribution >= 4 is 11.0 Å². The number of benzene rings is 1. The van der Waals surface area contributed by atoms with Crippen LogP contribution in [0.4, 0.5) is 22.0 Å². The van der Waals surface area contributed by atoms with E-state index >= 15 is 0 Å². The Balaban J connectivity index is 1.95. The Morgan fingerprint density at radius 3 is 2.56 bits per heavy atom. The number of nitrogens with one attached hydrogen (secondary N) is 1. The predicted octanol–water partition coefficient (Wildman–Crippen LogP) is 4.89. The van der Waals surface area contributed by atoms with E-state index in [0.717, 1.165) is 32.2 Å². The normalized spacial score (nSPS) is 24.9. The Morgan fingerprint density at radius 2 is 1.94 bits per heavy atom. The summed E-state index contributed by atoms with van der Waals surface area (Å²) in [5.74, 6) is -5.56. The quantitative estimate of drug-likeness (QED) is 0.541. The van der Waals surface area contributed by atoms with Gasteiger partial charge in [0.15, 0.2) is 17.2 Å². The van der Waals surface area contributed by atoms with Crippen molar-refractivity contribution in [2.75, 3.05) is 7.11 Å². The van der Waals surface area contributed by atoms with Gasteiger partial charge in [-0.3, -0.25) is 4.79 Å². The summed E-state index contributed by atoms with van der Waals surface area (Å²) in [6, 6.07) is 7.54. The van der Waals surface area contributed by atoms with E-state index in [2.05, 4.69) is 9.97 Å². The van der Waals surface area contributed by atoms with Gasteiger partial charge in [-0.2, -0.15) is 22.8 Å². The summed E-state index contributed by atoms with van der Waals surface area (Å²) in [5, 5.41) is 9.01. The number of aromatic nitrogens is 2. The second-order valence-electron chi connectivity index (χ2n) is 8.23. The van der Waals surface area contributed by atoms with E-state index in [0.29, 0.717) is 0 Å². The van der Waals surface area contributed by atoms with Gasteiger partial charge in [-0.05, 0) is 25.1 Å². The number of halogens is 5. The molecule has 1 fully saturated rings. The SMILES string of the molecule is COc1c([C@H]2[C@H](c3cc(=O)c4nc(C#N)ccc4[nH]3)O[C@@](C)(C(F)(F)F)[C@H]2C)ccc(F)c1F. The topological polar surface area (TPSA) is 88.0 Å². The van der Waals surface area contributed by atoms with Crippen LogP contribution in [0.5, 0.6) is 5.75 Å². The molecule has 0 saturated carbocycles. The highest BCUT2D eigenvalue weighted by Crippen LogP contribution is 2.59. The second-order valence-corrected chi connectivity index (χ2v) is 8.23. The van der Waals surface area contributed by atoms with Crippen LogP contribution in [0, 0.1) is 28.9 Å². The number of H-pyrrole nitrogens is 1. The highest BCUT2D eigenvalue weighted by Gasteiger charge is 2.65. The van der Waals surface area contributed by atoms with Crippen molar-refractivity contribution in [3.05, 3.63) is 69.1 Å². The molecule has 1 aromatic carbocycles. The van der Waals surface area contributed by atoms with Crippen molar-refractivity contribution < 1.29 is 31.4 Å². The van der Waals surface area contributed by atoms with Gasteiger partial charge in [0.2, 0.25) is 11.2 Å². The van der Waals surface area contributed by atoms with Gasteiger partial charge in [-0.1, -0.05) is 13.0 Å². The number of hydrogen-bond donors (Lipinski definition) is 1. The van der Waals surface area contributed by atoms with Crippen molar-refractivity contribution in [2.24, 2.45) is 5.92 Å². The molecule has 4 rings (SSSR count). The van der Waals surface area contributed by atoms with Crippen molar-refractivity contribution in [3.8, 4) is 11.8 Å². The lowest BCUT2D eigenvalue weighted by atomic mass is 9.76. The lowest BCUT2D eigenvalue weighted by molar-refractivity contribution is -0.275. The Labute approximate surface area is 189 Å². The van der Waals surface area contributed by atoms with Crippen LogP contribution >= 0.6 is 0 Å². The van der Waals surface area contributed by atoms with Crippen molar-refractivity contribution in [3.63, 3.8) is 0 Å². The van der Waals surface area contributed by atoms with Gasteiger partial charge < -0.3 is 14.5 Å². The van der Waals surface area contributed by atoms with E-state index in [1.807, 2.05) is 0 Å². The highest BCUT2D eigenvalue weighted by molar-refractivity contribution is 5.74. The summed E-state index contributed by atoms with van der Waals surface area (Å²) < 4.78 is 81.2. The number of alkyl halides is 3. The summed E-state index contributed by atoms with van der Waals surface area (Å²) in [6.45, 7) is 2.16. The third kappa shape index (κ3) is 3.49. The van der Waals surface area contributed by atoms with Gasteiger partial charge in [0, 0.05) is 29.2 Å². The molecule has 0 amide bonds. The van der Waals surface area contributed by atoms with Crippen LogP contribution in [0.1, 0.15) is 42.8 Å². The lowest BCUT2D eigenvalue weighted by Gasteiger charge is -2.32. The van der Waals surface area contributed by atoms with Crippen LogP contribution < -0.4 is 10.2 Å². The first-order valence-electron chi connectivity index (χ1n) is 10.1. The number of methoxy groups -OCH3 is 1. The van der Waals surface area contributed by atoms with Gasteiger partial charge >= 0.3 is 6.18 Å². The molecule has 1 aliphatic rings. The number of fused-ring (bicyclic) bond motifs is 1. The maximum Gasteiger partial charge on any atom is 0.417 e. The first-order valence-corrected chi connectivity index (χ1v) is 10.1. The van der Waals surface area contributed by atoms with E-state index in [4.69, 9.17) is 14.7 Å². The van der Waals surface area contributed by atoms with Crippen LogP contribution in [0.3, 0.4) is 0 Å². The number of nitriles is 1. The fraction of sp³-hybridized carbons (Fsp3) is 0.348. The third-order valence-electron chi connectivity index (χ3n) is 6.43. The van der Waals surface area contributed by atoms with E-state index in [-0.39, 0.29) is 28.0 Å². The molecular weight excluding hydrogens is 461 g/mol. The Morgan fingerprint density at radius 1 is 1.24 bits per heavy atom. The van der Waals surface area contributed by atoms with Gasteiger partial charge in [0.25, 0.3) is 0 Å². The zero-order valence-corrected chi connectivity index (χ0v) is 18.1. The molecule has 2 aromatic heterocycles. The van der Waals surface area contributed by atoms with Gasteiger partial charge in [-0.15, -0.1) is 0 Å². The third-order valence-corrected chi connectivity index (χ3v) is 6.43. The molecule has 1 N–H and O–H groups in total. The molecule has 34 heavy (non-hydrogen) atoms. The van der Waals surface area contributed by atoms with E-state index < -0.39 is 52.5 Å². The fourth-order valence-corrected chi connectivity index (χ4v) is 4.45. The van der Waals surface area contributed by atoms with Crippen LogP contribution in [0.15, 0.2) is 35.1 Å². The minimum absolute atomic E-state index is 0.00876. The van der Waals surface area contributed by atoms with Crippen LogP contribution in [-0.4, -0.2) is 28.9 Å². The van der Waals surface area contributed by atoms with Gasteiger partial charge in [0.05, 0.1) is 12.6 Å². The zero-order valence-electron chi connectivity index (χ0n) is 18.1. The molecule has 3 heterocycles. The standard InChI is InChI=1S/C23H18F5N3O3/c1-10-17(12-5-6-13(24)18(25)20(12)33-3)21(34-22(10,2)23(26,27)28)15-8-16(32)19-14(31-15)7-4-11(9-29)30-19/h4-8,10,17,21H,1-3H3,(H,31,32)/t10-,17-,21-,22+/m0/s1. The molecule has 0 bridgehead atoms. The van der Waals surface area contributed by atoms with Crippen molar-refractivity contribution in [1.82, 2.24) is 9.97 Å². The summed E-state index contributed by atoms with van der Waals surface area (Å²) >= 11 is 0. The molecule has 0 unspecified atom stereocenters. The Kier molecular flexibility index (Phi) is 5.60. The number of hydrogen-bond acceptors (Lipinski definition) is 5. The molecule has 1 saturated heterocycles. The molecule has 4 atom stereocenters. The maximum absolute atomic E-state index is 14.5. The highest BCUT2D eigenvalue weighted by atomic mass is 19.4. The van der Waals surface area contributed by atoms with Crippen molar-refractivity contribution in [1.29, 1.82) is 5.26 Å². The largest absolute Gasteiger partial charge is 0.493 e. The average Bonchev–Trinajstić information content (AvgIpc) is 3.07. The predicted molar refractivity (Wildman–Crippen MR) is 110 cm³/mol. The Hall–Kier alpha value is -3.52. The number of aromatic amines is 1. The minimum Gasteiger partial charge on any atom is -0.493 e. The summed E-state index contributed by atoms with van der Waals surface area (Å²) in [6.07, 6.45) is -6.21. The molecule has 6 nitrogen and oxygen atoms in total. The van der Waals surface area contributed by atoms with Crippen LogP contribution in [0.25, 0.3) is 11.0 Å². The summed E-state index contributed by atoms with van der Waals surface area (Å²) in [4.78, 5) is 19.5. The Bertz CT molecular complexity index is 1380. The molecule has 3 aromatic rings. The van der Waals surface area contributed by atoms with Gasteiger partial charge in [0.1, 0.15) is 23.4 Å². The van der Waals surface area contributed by atoms with E-state index in [1.54, 1.807) is 6.07 Å². The smallest absolute Gasteiger partial charge is 0.417 e. The number of rotatable bonds is 3. The molecule has 0 spiro atoms. The average molecular weight is 479 g/mol. The minimum atomic E-state index is -4.81. The zero-order chi connectivity index (χ0) is 25.0. The number of pyridine rings is 2. The molecule has 178 valence electrons. The van der Waals surface area contributed by atoms with Gasteiger partial charge in [-0.25, -0.2) is 9.37 Å². The second kappa shape index (κ2) is 8.06. The number of ether oxygens (including phenoxy) is 2. The molecule has 0 radical (unpaired) electrons. The van der Waals surface area contributed by atoms with E-state index in [1.165, 1.54) is 19.1 Å². The lowest BCUT2D eigenvalue weighted by Crippen LogP contribution is -2.46. The summed E-state index contributed by atoms with van der Waals surface area (Å²) in [7, 11) is 1.08. The van der Waals surface area contributed by atoms with E-state index in [9.17, 15) is 26.7 Å². The fourth-order valence-electron chi connectivity index (χ4n) is 4.45. The monoisotopic (exact) mass is 479 g/mol. The molecule has 0 aliphatic carbocycles. The van der Waals surface area contributed by atoms with Crippen LogP contribution in [-0.2, 0) is 4.74 Å². The molecular formula is C23H18F5N3O3. The summed E-state index contributed by atoms with van der Waals surface area (Å²) in [5.41, 5.74) is -3.28. The first kappa shape index (κ1) is 23.6. The van der Waals surface area contributed by atoms with Crippen molar-refractivity contribution in [2.45, 2.75) is 37.6 Å². The first-order chi connectivity index (χ1) is 15.9. The van der Waals surface area contributed by atoms with Crippen LogP contribution in [0.2, 0.25) is 0 Å². The number of nitrogens with zero attached hydrogens (tertiary/aromatic N) is 2. The molecule has 1 aliphatic heterocycles. The molecule has 11 heteroatoms.